The van der Waals surface area contributed by atoms with Gasteiger partial charge in [-0.25, -0.2) is 14.6 Å². The zero-order chi connectivity index (χ0) is 36.1. The molecular formula is C34H40F3N7O5S. The van der Waals surface area contributed by atoms with E-state index in [1.807, 2.05) is 30.3 Å². The monoisotopic (exact) mass is 715 g/mol. The fourth-order valence-electron chi connectivity index (χ4n) is 5.46. The molecule has 1 saturated heterocycles. The minimum Gasteiger partial charge on any atom is -0.445 e. The van der Waals surface area contributed by atoms with Crippen molar-refractivity contribution in [3.63, 3.8) is 0 Å². The molecule has 2 amide bonds. The average Bonchev–Trinajstić information content (AvgIpc) is 3.55. The largest absolute Gasteiger partial charge is 0.445 e. The molecule has 2 aromatic heterocycles. The second-order valence-corrected chi connectivity index (χ2v) is 13.8. The summed E-state index contributed by atoms with van der Waals surface area (Å²) in [4.78, 5) is 31.8. The number of hydrogen-bond acceptors (Lipinski definition) is 10. The van der Waals surface area contributed by atoms with Gasteiger partial charge in [0.2, 0.25) is 0 Å². The summed E-state index contributed by atoms with van der Waals surface area (Å²) in [5, 5.41) is 24.7. The van der Waals surface area contributed by atoms with Crippen LogP contribution in [0.15, 0.2) is 60.8 Å². The van der Waals surface area contributed by atoms with Crippen molar-refractivity contribution in [1.29, 1.82) is 0 Å². The molecule has 1 aliphatic rings. The number of alkyl halides is 3. The van der Waals surface area contributed by atoms with Crippen molar-refractivity contribution in [1.82, 2.24) is 20.1 Å². The first-order valence-corrected chi connectivity index (χ1v) is 16.8. The van der Waals surface area contributed by atoms with Crippen molar-refractivity contribution in [2.24, 2.45) is 7.05 Å². The number of aryl methyl sites for hydroxylation is 1. The highest BCUT2D eigenvalue weighted by molar-refractivity contribution is 7.19. The van der Waals surface area contributed by atoms with Gasteiger partial charge in [0.05, 0.1) is 17.4 Å². The molecule has 1 aliphatic heterocycles. The maximum absolute atomic E-state index is 13.5. The van der Waals surface area contributed by atoms with E-state index in [1.54, 1.807) is 38.7 Å². The zero-order valence-electron chi connectivity index (χ0n) is 28.1. The highest BCUT2D eigenvalue weighted by Gasteiger charge is 2.32. The van der Waals surface area contributed by atoms with E-state index in [1.165, 1.54) is 12.1 Å². The normalized spacial score (nSPS) is 15.9. The van der Waals surface area contributed by atoms with Crippen LogP contribution in [-0.4, -0.2) is 56.8 Å². The summed E-state index contributed by atoms with van der Waals surface area (Å²) in [6, 6.07) is 14.0. The van der Waals surface area contributed by atoms with Gasteiger partial charge < -0.3 is 30.1 Å². The van der Waals surface area contributed by atoms with E-state index >= 15 is 0 Å². The van der Waals surface area contributed by atoms with E-state index in [0.29, 0.717) is 31.0 Å². The van der Waals surface area contributed by atoms with Crippen LogP contribution >= 0.6 is 11.3 Å². The number of rotatable bonds is 9. The number of hydrogen-bond donors (Lipinski definition) is 4. The van der Waals surface area contributed by atoms with Crippen molar-refractivity contribution < 1.29 is 37.3 Å². The third-order valence-corrected chi connectivity index (χ3v) is 8.76. The number of aromatic nitrogens is 3. The number of nitrogens with one attached hydrogen (secondary N) is 3. The second-order valence-electron chi connectivity index (χ2n) is 12.8. The van der Waals surface area contributed by atoms with Gasteiger partial charge in [0.15, 0.2) is 6.23 Å². The van der Waals surface area contributed by atoms with Crippen molar-refractivity contribution in [3.8, 4) is 10.6 Å². The molecule has 1 unspecified atom stereocenters. The summed E-state index contributed by atoms with van der Waals surface area (Å²) in [5.41, 5.74) is -0.182. The quantitative estimate of drug-likeness (QED) is 0.131. The lowest BCUT2D eigenvalue weighted by molar-refractivity contribution is -0.137. The summed E-state index contributed by atoms with van der Waals surface area (Å²) in [5.74, 6) is 0.673. The van der Waals surface area contributed by atoms with Gasteiger partial charge in [-0.2, -0.15) is 18.3 Å². The first-order valence-electron chi connectivity index (χ1n) is 16.0. The van der Waals surface area contributed by atoms with E-state index in [4.69, 9.17) is 9.47 Å². The van der Waals surface area contributed by atoms with Crippen LogP contribution in [0.25, 0.3) is 10.6 Å². The molecule has 0 radical (unpaired) electrons. The lowest BCUT2D eigenvalue weighted by Crippen LogP contribution is -2.36. The van der Waals surface area contributed by atoms with Crippen LogP contribution in [0.5, 0.6) is 0 Å². The van der Waals surface area contributed by atoms with Gasteiger partial charge >= 0.3 is 18.4 Å². The molecule has 4 N–H and O–H groups in total. The number of nitrogens with zero attached hydrogens (tertiary/aromatic N) is 4. The van der Waals surface area contributed by atoms with Crippen molar-refractivity contribution >= 4 is 40.0 Å². The standard InChI is InChI=1S/C34H40F3N7O5S/c1-33(2,3)49-32(47)42-29-26(41-28(50-29)22-12-8-13-23(18-22)34(35,36)37)27(45)40-25-19-38-43(4)30(25)44-16-9-14-24(15-17-44)39-31(46)48-20-21-10-6-5-7-11-21/h5-8,10-13,18-19,24,27,40,45H,9,14-17,20H2,1-4H3,(H,39,46)(H,42,47)/t24-,27?/m1/s1. The van der Waals surface area contributed by atoms with Gasteiger partial charge in [0.25, 0.3) is 0 Å². The van der Waals surface area contributed by atoms with Crippen LogP contribution in [0.3, 0.4) is 0 Å². The van der Waals surface area contributed by atoms with E-state index in [-0.39, 0.29) is 33.9 Å². The Hall–Kier alpha value is -4.83. The van der Waals surface area contributed by atoms with Crippen molar-refractivity contribution in [3.05, 3.63) is 77.6 Å². The van der Waals surface area contributed by atoms with E-state index < -0.39 is 35.8 Å². The van der Waals surface area contributed by atoms with E-state index in [2.05, 4.69) is 30.9 Å². The van der Waals surface area contributed by atoms with E-state index in [9.17, 15) is 27.9 Å². The first-order chi connectivity index (χ1) is 23.7. The molecule has 12 nitrogen and oxygen atoms in total. The average molecular weight is 716 g/mol. The topological polar surface area (TPSA) is 143 Å². The second kappa shape index (κ2) is 15.4. The molecule has 5 rings (SSSR count). The third kappa shape index (κ3) is 9.65. The molecule has 0 bridgehead atoms. The Labute approximate surface area is 291 Å². The maximum atomic E-state index is 13.5. The molecule has 2 atom stereocenters. The Morgan fingerprint density at radius 3 is 2.54 bits per heavy atom. The van der Waals surface area contributed by atoms with Crippen LogP contribution in [0.2, 0.25) is 0 Å². The Bertz CT molecular complexity index is 1770. The minimum absolute atomic E-state index is 0.0165. The molecule has 0 spiro atoms. The highest BCUT2D eigenvalue weighted by Crippen LogP contribution is 2.39. The summed E-state index contributed by atoms with van der Waals surface area (Å²) >= 11 is 0.906. The van der Waals surface area contributed by atoms with E-state index in [0.717, 1.165) is 41.9 Å². The molecule has 0 saturated carbocycles. The summed E-state index contributed by atoms with van der Waals surface area (Å²) in [7, 11) is 1.76. The number of benzene rings is 2. The van der Waals surface area contributed by atoms with Crippen LogP contribution in [0.1, 0.15) is 63.1 Å². The number of aliphatic hydroxyl groups is 1. The maximum Gasteiger partial charge on any atom is 0.416 e. The minimum atomic E-state index is -4.57. The molecule has 268 valence electrons. The molecular weight excluding hydrogens is 675 g/mol. The van der Waals surface area contributed by atoms with Crippen molar-refractivity contribution in [2.45, 2.75) is 70.7 Å². The Kier molecular flexibility index (Phi) is 11.2. The highest BCUT2D eigenvalue weighted by atomic mass is 32.1. The number of ether oxygens (including phenoxy) is 2. The predicted octanol–water partition coefficient (Wildman–Crippen LogP) is 7.30. The SMILES string of the molecule is Cn1ncc(NC(O)c2nc(-c3cccc(C(F)(F)F)c3)sc2NC(=O)OC(C)(C)C)c1N1CCC[C@@H](NC(=O)OCc2ccccc2)CC1. The molecule has 2 aromatic carbocycles. The van der Waals surface area contributed by atoms with Crippen LogP contribution in [0.4, 0.5) is 39.3 Å². The van der Waals surface area contributed by atoms with Gasteiger partial charge in [-0.05, 0) is 57.7 Å². The summed E-state index contributed by atoms with van der Waals surface area (Å²) in [6.07, 6.45) is -3.71. The fourth-order valence-corrected chi connectivity index (χ4v) is 6.44. The number of anilines is 3. The fraction of sp³-hybridized carbons (Fsp3) is 0.412. The number of carbonyl (C=O) groups is 2. The first kappa shape index (κ1) is 36.5. The Balaban J connectivity index is 1.31. The van der Waals surface area contributed by atoms with Gasteiger partial charge in [-0.1, -0.05) is 53.8 Å². The molecule has 16 heteroatoms. The number of carbonyl (C=O) groups excluding carboxylic acids is 2. The molecule has 3 heterocycles. The third-order valence-electron chi connectivity index (χ3n) is 7.73. The summed E-state index contributed by atoms with van der Waals surface area (Å²) < 4.78 is 52.9. The number of aliphatic hydroxyl groups excluding tert-OH is 1. The summed E-state index contributed by atoms with van der Waals surface area (Å²) in [6.45, 7) is 6.45. The molecule has 4 aromatic rings. The van der Waals surface area contributed by atoms with Crippen LogP contribution in [-0.2, 0) is 29.3 Å². The Morgan fingerprint density at radius 1 is 1.06 bits per heavy atom. The van der Waals surface area contributed by atoms with Crippen LogP contribution < -0.4 is 20.9 Å². The molecule has 0 aliphatic carbocycles. The van der Waals surface area contributed by atoms with Crippen molar-refractivity contribution in [2.75, 3.05) is 28.6 Å². The van der Waals surface area contributed by atoms with Gasteiger partial charge in [0, 0.05) is 31.7 Å². The van der Waals surface area contributed by atoms with Gasteiger partial charge in [-0.3, -0.25) is 10.00 Å². The number of alkyl carbamates (subject to hydrolysis) is 1. The molecule has 50 heavy (non-hydrogen) atoms. The molecule has 1 fully saturated rings. The number of halogens is 3. The Morgan fingerprint density at radius 2 is 1.82 bits per heavy atom. The smallest absolute Gasteiger partial charge is 0.416 e. The lowest BCUT2D eigenvalue weighted by Gasteiger charge is -2.25. The lowest BCUT2D eigenvalue weighted by atomic mass is 10.1. The number of amides is 2. The number of thiazole rings is 1. The zero-order valence-corrected chi connectivity index (χ0v) is 28.9. The van der Waals surface area contributed by atoms with Crippen LogP contribution in [0, 0.1) is 0 Å². The van der Waals surface area contributed by atoms with Gasteiger partial charge in [0.1, 0.15) is 33.7 Å². The van der Waals surface area contributed by atoms with Gasteiger partial charge in [-0.15, -0.1) is 0 Å². The predicted molar refractivity (Wildman–Crippen MR) is 184 cm³/mol.